The van der Waals surface area contributed by atoms with Gasteiger partial charge in [-0.25, -0.2) is 0 Å². The van der Waals surface area contributed by atoms with Crippen molar-refractivity contribution in [1.29, 1.82) is 0 Å². The van der Waals surface area contributed by atoms with Crippen LogP contribution < -0.4 is 5.32 Å². The number of aliphatic hydroxyl groups is 1. The van der Waals surface area contributed by atoms with Crippen LogP contribution in [0.2, 0.25) is 0 Å². The average molecular weight is 345 g/mol. The van der Waals surface area contributed by atoms with Crippen molar-refractivity contribution < 1.29 is 28.2 Å². The van der Waals surface area contributed by atoms with Crippen molar-refractivity contribution in [2.24, 2.45) is 5.92 Å². The lowest BCUT2D eigenvalue weighted by molar-refractivity contribution is -0.146. The van der Waals surface area contributed by atoms with E-state index in [4.69, 9.17) is 5.11 Å². The number of alkyl halides is 3. The summed E-state index contributed by atoms with van der Waals surface area (Å²) < 4.78 is 39.2. The van der Waals surface area contributed by atoms with Crippen LogP contribution in [0.25, 0.3) is 6.08 Å². The molecule has 7 heteroatoms. The van der Waals surface area contributed by atoms with Crippen LogP contribution in [-0.4, -0.2) is 28.3 Å². The van der Waals surface area contributed by atoms with Gasteiger partial charge < -0.3 is 10.2 Å². The van der Waals surface area contributed by atoms with E-state index in [1.54, 1.807) is 6.08 Å². The first-order chi connectivity index (χ1) is 11.0. The van der Waals surface area contributed by atoms with Crippen molar-refractivity contribution >= 4 is 12.0 Å². The van der Waals surface area contributed by atoms with Crippen LogP contribution in [0.1, 0.15) is 37.5 Å². The molecule has 0 fully saturated rings. The highest BCUT2D eigenvalue weighted by Gasteiger charge is 2.34. The van der Waals surface area contributed by atoms with Gasteiger partial charge in [0.05, 0.1) is 12.2 Å². The second-order valence-corrected chi connectivity index (χ2v) is 6.17. The molecule has 0 aliphatic carbocycles. The second-order valence-electron chi connectivity index (χ2n) is 6.17. The van der Waals surface area contributed by atoms with Crippen LogP contribution in [0.3, 0.4) is 0 Å². The highest BCUT2D eigenvalue weighted by atomic mass is 19.4. The number of carboxylic acid groups (broad SMARTS) is 1. The molecular formula is C17H22F3NO3. The Morgan fingerprint density at radius 3 is 2.42 bits per heavy atom. The van der Waals surface area contributed by atoms with E-state index in [9.17, 15) is 23.1 Å². The van der Waals surface area contributed by atoms with E-state index in [0.717, 1.165) is 6.07 Å². The first-order valence-electron chi connectivity index (χ1n) is 7.47. The average Bonchev–Trinajstić information content (AvgIpc) is 2.49. The fourth-order valence-corrected chi connectivity index (χ4v) is 1.91. The third-order valence-corrected chi connectivity index (χ3v) is 3.55. The molecule has 0 radical (unpaired) electrons. The molecular weight excluding hydrogens is 323 g/mol. The number of allylic oxidation sites excluding steroid dienone is 1. The number of nitrogens with one attached hydrogen (secondary N) is 1. The van der Waals surface area contributed by atoms with Crippen molar-refractivity contribution in [2.45, 2.75) is 39.0 Å². The first kappa shape index (κ1) is 20.2. The van der Waals surface area contributed by atoms with Crippen LogP contribution >= 0.6 is 0 Å². The maximum absolute atomic E-state index is 13.1. The summed E-state index contributed by atoms with van der Waals surface area (Å²) in [5.74, 6) is -1.14. The lowest BCUT2D eigenvalue weighted by atomic mass is 10.00. The van der Waals surface area contributed by atoms with Crippen molar-refractivity contribution in [3.63, 3.8) is 0 Å². The number of rotatable bonds is 7. The maximum Gasteiger partial charge on any atom is 0.416 e. The molecule has 1 atom stereocenters. The summed E-state index contributed by atoms with van der Waals surface area (Å²) in [5.41, 5.74) is -1.79. The quantitative estimate of drug-likeness (QED) is 0.709. The predicted molar refractivity (Wildman–Crippen MR) is 85.3 cm³/mol. The second kappa shape index (κ2) is 7.81. The van der Waals surface area contributed by atoms with Crippen LogP contribution in [-0.2, 0) is 17.5 Å². The number of carboxylic acids is 1. The zero-order valence-electron chi connectivity index (χ0n) is 13.8. The van der Waals surface area contributed by atoms with Crippen LogP contribution in [0.15, 0.2) is 24.3 Å². The van der Waals surface area contributed by atoms with Crippen molar-refractivity contribution in [3.05, 3.63) is 41.0 Å². The fourth-order valence-electron chi connectivity index (χ4n) is 1.91. The lowest BCUT2D eigenvalue weighted by Gasteiger charge is -2.24. The first-order valence-corrected chi connectivity index (χ1v) is 7.47. The largest absolute Gasteiger partial charge is 0.480 e. The Balaban J connectivity index is 3.10. The summed E-state index contributed by atoms with van der Waals surface area (Å²) in [5, 5.41) is 20.9. The molecule has 0 bridgehead atoms. The minimum atomic E-state index is -4.47. The molecule has 3 N–H and O–H groups in total. The molecule has 1 aromatic carbocycles. The maximum atomic E-state index is 13.1. The van der Waals surface area contributed by atoms with E-state index >= 15 is 0 Å². The topological polar surface area (TPSA) is 69.6 Å². The van der Waals surface area contributed by atoms with Gasteiger partial charge in [-0.15, -0.1) is 0 Å². The summed E-state index contributed by atoms with van der Waals surface area (Å²) in [7, 11) is 0. The SMILES string of the molecule is CC(C)/C=C/c1cc(CN[C@@](C)(CO)C(=O)O)ccc1C(F)(F)F. The van der Waals surface area contributed by atoms with E-state index < -0.39 is 29.9 Å². The molecule has 1 rings (SSSR count). The monoisotopic (exact) mass is 345 g/mol. The smallest absolute Gasteiger partial charge is 0.416 e. The molecule has 0 amide bonds. The van der Waals surface area contributed by atoms with Gasteiger partial charge in [0, 0.05) is 6.54 Å². The van der Waals surface area contributed by atoms with Gasteiger partial charge >= 0.3 is 12.1 Å². The summed E-state index contributed by atoms with van der Waals surface area (Å²) in [6.45, 7) is 4.40. The van der Waals surface area contributed by atoms with Crippen molar-refractivity contribution in [2.75, 3.05) is 6.61 Å². The molecule has 134 valence electrons. The minimum Gasteiger partial charge on any atom is -0.480 e. The van der Waals surface area contributed by atoms with Gasteiger partial charge in [0.2, 0.25) is 0 Å². The van der Waals surface area contributed by atoms with E-state index in [1.165, 1.54) is 25.1 Å². The van der Waals surface area contributed by atoms with Gasteiger partial charge in [-0.2, -0.15) is 13.2 Å². The highest BCUT2D eigenvalue weighted by molar-refractivity contribution is 5.78. The molecule has 0 heterocycles. The Morgan fingerprint density at radius 1 is 1.33 bits per heavy atom. The van der Waals surface area contributed by atoms with E-state index in [2.05, 4.69) is 5.32 Å². The summed E-state index contributed by atoms with van der Waals surface area (Å²) >= 11 is 0. The minimum absolute atomic E-state index is 0.0179. The van der Waals surface area contributed by atoms with Crippen molar-refractivity contribution in [3.8, 4) is 0 Å². The zero-order valence-corrected chi connectivity index (χ0v) is 13.8. The lowest BCUT2D eigenvalue weighted by Crippen LogP contribution is -2.52. The van der Waals surface area contributed by atoms with Gasteiger partial charge in [0.1, 0.15) is 5.54 Å². The summed E-state index contributed by atoms with van der Waals surface area (Å²) in [6, 6.07) is 3.64. The molecule has 1 aromatic rings. The van der Waals surface area contributed by atoms with Crippen LogP contribution in [0, 0.1) is 5.92 Å². The molecule has 0 saturated carbocycles. The third-order valence-electron chi connectivity index (χ3n) is 3.55. The number of hydrogen-bond acceptors (Lipinski definition) is 3. The van der Waals surface area contributed by atoms with E-state index in [1.807, 2.05) is 13.8 Å². The molecule has 4 nitrogen and oxygen atoms in total. The summed E-state index contributed by atoms with van der Waals surface area (Å²) in [4.78, 5) is 11.1. The highest BCUT2D eigenvalue weighted by Crippen LogP contribution is 2.33. The Kier molecular flexibility index (Phi) is 6.57. The van der Waals surface area contributed by atoms with Gasteiger partial charge in [-0.05, 0) is 36.1 Å². The molecule has 0 saturated heterocycles. The van der Waals surface area contributed by atoms with E-state index in [-0.39, 0.29) is 18.0 Å². The Labute approximate surface area is 139 Å². The standard InChI is InChI=1S/C17H22F3NO3/c1-11(2)4-6-13-8-12(5-7-14(13)17(18,19)20)9-21-16(3,10-22)15(23)24/h4-8,11,21-22H,9-10H2,1-3H3,(H,23,24)/b6-4+/t16-/m0/s1. The zero-order chi connectivity index (χ0) is 18.5. The number of carbonyl (C=O) groups is 1. The molecule has 0 aliphatic rings. The Bertz CT molecular complexity index is 612. The Morgan fingerprint density at radius 2 is 1.96 bits per heavy atom. The molecule has 24 heavy (non-hydrogen) atoms. The number of halogens is 3. The normalized spacial score (nSPS) is 15.0. The number of hydrogen-bond donors (Lipinski definition) is 3. The van der Waals surface area contributed by atoms with Crippen molar-refractivity contribution in [1.82, 2.24) is 5.32 Å². The fraction of sp³-hybridized carbons (Fsp3) is 0.471. The number of aliphatic carboxylic acids is 1. The molecule has 0 aliphatic heterocycles. The van der Waals surface area contributed by atoms with E-state index in [0.29, 0.717) is 5.56 Å². The number of benzene rings is 1. The molecule has 0 aromatic heterocycles. The predicted octanol–water partition coefficient (Wildman–Crippen LogP) is 3.30. The van der Waals surface area contributed by atoms with Crippen LogP contribution in [0.5, 0.6) is 0 Å². The van der Waals surface area contributed by atoms with Gasteiger partial charge in [0.25, 0.3) is 0 Å². The third kappa shape index (κ3) is 5.35. The Hall–Kier alpha value is -1.86. The van der Waals surface area contributed by atoms with Gasteiger partial charge in [-0.1, -0.05) is 32.1 Å². The number of aliphatic hydroxyl groups excluding tert-OH is 1. The molecule has 0 spiro atoms. The molecule has 0 unspecified atom stereocenters. The van der Waals surface area contributed by atoms with Crippen LogP contribution in [0.4, 0.5) is 13.2 Å². The van der Waals surface area contributed by atoms with Gasteiger partial charge in [0.15, 0.2) is 0 Å². The van der Waals surface area contributed by atoms with Gasteiger partial charge in [-0.3, -0.25) is 10.1 Å². The summed E-state index contributed by atoms with van der Waals surface area (Å²) in [6.07, 6.45) is -1.39.